The van der Waals surface area contributed by atoms with Gasteiger partial charge >= 0.3 is 0 Å². The van der Waals surface area contributed by atoms with Gasteiger partial charge in [0, 0.05) is 11.3 Å². The largest absolute Gasteiger partial charge is 0.258 e. The highest BCUT2D eigenvalue weighted by molar-refractivity contribution is 5.90. The molecule has 0 unspecified atom stereocenters. The van der Waals surface area contributed by atoms with Gasteiger partial charge in [0.05, 0.1) is 5.70 Å². The van der Waals surface area contributed by atoms with E-state index in [9.17, 15) is 4.39 Å². The molecule has 0 aromatic heterocycles. The maximum absolute atomic E-state index is 13.3. The highest BCUT2D eigenvalue weighted by Crippen LogP contribution is 2.24. The van der Waals surface area contributed by atoms with Gasteiger partial charge in [-0.25, -0.2) is 4.39 Å². The quantitative estimate of drug-likeness (QED) is 0.696. The number of aryl methyl sites for hydroxylation is 1. The maximum Gasteiger partial charge on any atom is 0.126 e. The third kappa shape index (κ3) is 3.76. The molecule has 1 aliphatic rings. The van der Waals surface area contributed by atoms with Crippen molar-refractivity contribution in [3.05, 3.63) is 41.2 Å². The molecule has 0 N–H and O–H groups in total. The molecular weight excluding hydrogens is 237 g/mol. The topological polar surface area (TPSA) is 12.4 Å². The molecule has 19 heavy (non-hydrogen) atoms. The lowest BCUT2D eigenvalue weighted by Gasteiger charge is -2.06. The Labute approximate surface area is 115 Å². The van der Waals surface area contributed by atoms with Crippen LogP contribution in [0.3, 0.4) is 0 Å². The van der Waals surface area contributed by atoms with Crippen molar-refractivity contribution in [3.8, 4) is 0 Å². The summed E-state index contributed by atoms with van der Waals surface area (Å²) >= 11 is 0. The van der Waals surface area contributed by atoms with Gasteiger partial charge in [-0.15, -0.1) is 0 Å². The zero-order valence-electron chi connectivity index (χ0n) is 11.9. The molecule has 2 heteroatoms. The molecule has 0 aliphatic carbocycles. The SMILES string of the molecule is CCCCC1=NC(c2ccc(F)c(C)c2)=CCCC1. The monoisotopic (exact) mass is 259 g/mol. The van der Waals surface area contributed by atoms with Gasteiger partial charge in [0.1, 0.15) is 5.82 Å². The molecule has 1 heterocycles. The standard InChI is InChI=1S/C17H22FN/c1-3-4-7-15-8-5-6-9-17(19-15)14-10-11-16(18)13(2)12-14/h9-12H,3-8H2,1-2H3. The van der Waals surface area contributed by atoms with Crippen LogP contribution < -0.4 is 0 Å². The van der Waals surface area contributed by atoms with Crippen LogP contribution in [0, 0.1) is 12.7 Å². The molecule has 0 spiro atoms. The van der Waals surface area contributed by atoms with E-state index >= 15 is 0 Å². The summed E-state index contributed by atoms with van der Waals surface area (Å²) in [6.45, 7) is 4.01. The first-order valence-electron chi connectivity index (χ1n) is 7.24. The Balaban J connectivity index is 2.24. The Bertz CT molecular complexity index is 500. The summed E-state index contributed by atoms with van der Waals surface area (Å²) in [6, 6.07) is 5.27. The van der Waals surface area contributed by atoms with E-state index in [-0.39, 0.29) is 5.82 Å². The van der Waals surface area contributed by atoms with E-state index in [4.69, 9.17) is 4.99 Å². The molecule has 0 radical (unpaired) electrons. The van der Waals surface area contributed by atoms with Gasteiger partial charge < -0.3 is 0 Å². The van der Waals surface area contributed by atoms with Crippen molar-refractivity contribution >= 4 is 11.4 Å². The number of benzene rings is 1. The van der Waals surface area contributed by atoms with E-state index < -0.39 is 0 Å². The van der Waals surface area contributed by atoms with Crippen LogP contribution >= 0.6 is 0 Å². The van der Waals surface area contributed by atoms with Crippen LogP contribution in [0.5, 0.6) is 0 Å². The second-order valence-corrected chi connectivity index (χ2v) is 5.23. The molecule has 0 bridgehead atoms. The fourth-order valence-electron chi connectivity index (χ4n) is 2.36. The third-order valence-electron chi connectivity index (χ3n) is 3.56. The van der Waals surface area contributed by atoms with E-state index in [0.717, 1.165) is 30.5 Å². The fraction of sp³-hybridized carbons (Fsp3) is 0.471. The van der Waals surface area contributed by atoms with Gasteiger partial charge in [-0.3, -0.25) is 4.99 Å². The number of aliphatic imine (C=N–C) groups is 1. The van der Waals surface area contributed by atoms with Crippen molar-refractivity contribution in [3.63, 3.8) is 0 Å². The van der Waals surface area contributed by atoms with Crippen molar-refractivity contribution in [2.75, 3.05) is 0 Å². The van der Waals surface area contributed by atoms with E-state index in [0.29, 0.717) is 5.56 Å². The Hall–Kier alpha value is -1.44. The summed E-state index contributed by atoms with van der Waals surface area (Å²) in [4.78, 5) is 4.81. The molecule has 1 nitrogen and oxygen atoms in total. The fourth-order valence-corrected chi connectivity index (χ4v) is 2.36. The van der Waals surface area contributed by atoms with Crippen LogP contribution in [-0.4, -0.2) is 5.71 Å². The molecule has 0 amide bonds. The minimum atomic E-state index is -0.145. The molecule has 1 aliphatic heterocycles. The highest BCUT2D eigenvalue weighted by Gasteiger charge is 2.09. The zero-order valence-corrected chi connectivity index (χ0v) is 11.9. The Kier molecular flexibility index (Phi) is 4.89. The van der Waals surface area contributed by atoms with Crippen LogP contribution in [-0.2, 0) is 0 Å². The van der Waals surface area contributed by atoms with Gasteiger partial charge in [0.2, 0.25) is 0 Å². The first-order valence-corrected chi connectivity index (χ1v) is 7.24. The maximum atomic E-state index is 13.3. The number of hydrogen-bond acceptors (Lipinski definition) is 1. The number of hydrogen-bond donors (Lipinski definition) is 0. The minimum Gasteiger partial charge on any atom is -0.258 e. The summed E-state index contributed by atoms with van der Waals surface area (Å²) in [5, 5.41) is 0. The first-order chi connectivity index (χ1) is 9.20. The molecule has 0 fully saturated rings. The van der Waals surface area contributed by atoms with Crippen LogP contribution in [0.2, 0.25) is 0 Å². The number of allylic oxidation sites excluding steroid dienone is 1. The van der Waals surface area contributed by atoms with Gasteiger partial charge in [-0.2, -0.15) is 0 Å². The van der Waals surface area contributed by atoms with Crippen LogP contribution in [0.1, 0.15) is 56.6 Å². The number of nitrogens with zero attached hydrogens (tertiary/aromatic N) is 1. The molecule has 0 saturated carbocycles. The number of unbranched alkanes of at least 4 members (excludes halogenated alkanes) is 1. The third-order valence-corrected chi connectivity index (χ3v) is 3.56. The summed E-state index contributed by atoms with van der Waals surface area (Å²) in [5.74, 6) is -0.145. The minimum absolute atomic E-state index is 0.145. The van der Waals surface area contributed by atoms with Gasteiger partial charge in [0.25, 0.3) is 0 Å². The summed E-state index contributed by atoms with van der Waals surface area (Å²) < 4.78 is 13.3. The average Bonchev–Trinajstić information content (AvgIpc) is 2.65. The lowest BCUT2D eigenvalue weighted by molar-refractivity contribution is 0.618. The summed E-state index contributed by atoms with van der Waals surface area (Å²) in [6.07, 6.45) is 9.01. The zero-order chi connectivity index (χ0) is 13.7. The van der Waals surface area contributed by atoms with Crippen LogP contribution in [0.15, 0.2) is 29.3 Å². The van der Waals surface area contributed by atoms with Gasteiger partial charge in [-0.1, -0.05) is 19.4 Å². The summed E-state index contributed by atoms with van der Waals surface area (Å²) in [5.41, 5.74) is 4.04. The lowest BCUT2D eigenvalue weighted by atomic mass is 10.1. The second-order valence-electron chi connectivity index (χ2n) is 5.23. The molecule has 102 valence electrons. The molecule has 0 atom stereocenters. The molecule has 1 aromatic rings. The van der Waals surface area contributed by atoms with Crippen molar-refractivity contribution in [1.29, 1.82) is 0 Å². The van der Waals surface area contributed by atoms with E-state index in [1.165, 1.54) is 31.0 Å². The molecule has 2 rings (SSSR count). The normalized spacial score (nSPS) is 15.7. The second kappa shape index (κ2) is 6.65. The smallest absolute Gasteiger partial charge is 0.126 e. The van der Waals surface area contributed by atoms with Crippen molar-refractivity contribution < 1.29 is 4.39 Å². The Morgan fingerprint density at radius 3 is 2.89 bits per heavy atom. The van der Waals surface area contributed by atoms with Gasteiger partial charge in [-0.05, 0) is 62.8 Å². The molecular formula is C17H22FN. The number of rotatable bonds is 4. The van der Waals surface area contributed by atoms with Crippen molar-refractivity contribution in [2.24, 2.45) is 4.99 Å². The predicted octanol–water partition coefficient (Wildman–Crippen LogP) is 5.29. The van der Waals surface area contributed by atoms with Crippen LogP contribution in [0.4, 0.5) is 4.39 Å². The van der Waals surface area contributed by atoms with E-state index in [1.54, 1.807) is 6.92 Å². The predicted molar refractivity (Wildman–Crippen MR) is 79.9 cm³/mol. The van der Waals surface area contributed by atoms with Crippen LogP contribution in [0.25, 0.3) is 5.70 Å². The van der Waals surface area contributed by atoms with Crippen molar-refractivity contribution in [1.82, 2.24) is 0 Å². The Morgan fingerprint density at radius 1 is 1.32 bits per heavy atom. The molecule has 1 aromatic carbocycles. The van der Waals surface area contributed by atoms with Gasteiger partial charge in [0.15, 0.2) is 0 Å². The van der Waals surface area contributed by atoms with Crippen molar-refractivity contribution in [2.45, 2.75) is 52.4 Å². The molecule has 0 saturated heterocycles. The first kappa shape index (κ1) is 14.0. The Morgan fingerprint density at radius 2 is 2.16 bits per heavy atom. The van der Waals surface area contributed by atoms with E-state index in [2.05, 4.69) is 13.0 Å². The highest BCUT2D eigenvalue weighted by atomic mass is 19.1. The average molecular weight is 259 g/mol. The number of halogens is 1. The summed E-state index contributed by atoms with van der Waals surface area (Å²) in [7, 11) is 0. The lowest BCUT2D eigenvalue weighted by Crippen LogP contribution is -1.97. The van der Waals surface area contributed by atoms with E-state index in [1.807, 2.05) is 12.1 Å².